The Morgan fingerprint density at radius 1 is 1.37 bits per heavy atom. The van der Waals surface area contributed by atoms with Crippen molar-refractivity contribution in [2.45, 2.75) is 6.10 Å². The second-order valence-electron chi connectivity index (χ2n) is 3.96. The van der Waals surface area contributed by atoms with Crippen molar-refractivity contribution in [2.75, 3.05) is 6.61 Å². The predicted octanol–water partition coefficient (Wildman–Crippen LogP) is 4.19. The first kappa shape index (κ1) is 13.0. The van der Waals surface area contributed by atoms with Gasteiger partial charge in [-0.3, -0.25) is 4.79 Å². The van der Waals surface area contributed by atoms with E-state index in [2.05, 4.69) is 15.9 Å². The summed E-state index contributed by atoms with van der Waals surface area (Å²) in [7, 11) is 0. The lowest BCUT2D eigenvalue weighted by molar-refractivity contribution is 0.0590. The zero-order valence-electron chi connectivity index (χ0n) is 9.56. The Kier molecular flexibility index (Phi) is 3.52. The number of ether oxygens (including phenoxy) is 2. The molecular formula is C13H8BrClO3S. The number of carbonyl (C=O) groups is 1. The van der Waals surface area contributed by atoms with Crippen molar-refractivity contribution in [2.24, 2.45) is 0 Å². The zero-order chi connectivity index (χ0) is 13.4. The minimum atomic E-state index is -0.628. The Labute approximate surface area is 127 Å². The van der Waals surface area contributed by atoms with Gasteiger partial charge in [-0.15, -0.1) is 11.3 Å². The highest BCUT2D eigenvalue weighted by atomic mass is 79.9. The molecule has 0 saturated heterocycles. The van der Waals surface area contributed by atoms with Crippen LogP contribution in [0.2, 0.25) is 5.02 Å². The number of benzene rings is 1. The first-order valence-corrected chi connectivity index (χ1v) is 7.51. The molecule has 0 radical (unpaired) electrons. The van der Waals surface area contributed by atoms with Crippen LogP contribution in [0.3, 0.4) is 0 Å². The molecule has 19 heavy (non-hydrogen) atoms. The fourth-order valence-electron chi connectivity index (χ4n) is 1.78. The highest BCUT2D eigenvalue weighted by molar-refractivity contribution is 9.11. The maximum Gasteiger partial charge on any atom is 0.216 e. The molecule has 1 aromatic heterocycles. The first-order valence-electron chi connectivity index (χ1n) is 5.52. The molecule has 0 saturated carbocycles. The van der Waals surface area contributed by atoms with E-state index in [1.54, 1.807) is 12.1 Å². The van der Waals surface area contributed by atoms with Crippen molar-refractivity contribution in [1.29, 1.82) is 0 Å². The largest absolute Gasteiger partial charge is 0.485 e. The van der Waals surface area contributed by atoms with E-state index in [0.29, 0.717) is 21.4 Å². The number of hydrogen-bond donors (Lipinski definition) is 0. The molecule has 3 rings (SSSR count). The Hall–Kier alpha value is -1.04. The number of carbonyl (C=O) groups excluding carboxylic acids is 1. The number of fused-ring (bicyclic) bond motifs is 1. The highest BCUT2D eigenvalue weighted by Gasteiger charge is 2.29. The topological polar surface area (TPSA) is 35.5 Å². The minimum absolute atomic E-state index is 0.118. The lowest BCUT2D eigenvalue weighted by Crippen LogP contribution is -2.36. The van der Waals surface area contributed by atoms with E-state index in [-0.39, 0.29) is 12.4 Å². The van der Waals surface area contributed by atoms with Gasteiger partial charge in [-0.2, -0.15) is 0 Å². The summed E-state index contributed by atoms with van der Waals surface area (Å²) in [5.41, 5.74) is 0. The van der Waals surface area contributed by atoms with Gasteiger partial charge in [-0.25, -0.2) is 0 Å². The van der Waals surface area contributed by atoms with E-state index < -0.39 is 6.10 Å². The van der Waals surface area contributed by atoms with Crippen molar-refractivity contribution in [3.05, 3.63) is 44.0 Å². The monoisotopic (exact) mass is 358 g/mol. The molecule has 0 amide bonds. The van der Waals surface area contributed by atoms with E-state index in [9.17, 15) is 4.79 Å². The summed E-state index contributed by atoms with van der Waals surface area (Å²) >= 11 is 10.5. The molecule has 0 N–H and O–H groups in total. The lowest BCUT2D eigenvalue weighted by atomic mass is 10.2. The third-order valence-electron chi connectivity index (χ3n) is 2.69. The molecule has 1 aliphatic rings. The summed E-state index contributed by atoms with van der Waals surface area (Å²) in [6.07, 6.45) is -0.628. The van der Waals surface area contributed by atoms with Gasteiger partial charge in [0, 0.05) is 0 Å². The average Bonchev–Trinajstić information content (AvgIpc) is 2.77. The van der Waals surface area contributed by atoms with Gasteiger partial charge in [0.1, 0.15) is 6.61 Å². The standard InChI is InChI=1S/C13H8BrClO3S/c14-13-7(15)5-11(19-13)12(16)10-6-17-8-3-1-2-4-9(8)18-10/h1-5,10H,6H2. The molecular weight excluding hydrogens is 352 g/mol. The molecule has 2 aromatic rings. The molecule has 0 spiro atoms. The van der Waals surface area contributed by atoms with E-state index in [1.165, 1.54) is 11.3 Å². The van der Waals surface area contributed by atoms with Crippen LogP contribution in [-0.4, -0.2) is 18.5 Å². The first-order chi connectivity index (χ1) is 9.15. The van der Waals surface area contributed by atoms with Crippen molar-refractivity contribution in [1.82, 2.24) is 0 Å². The third-order valence-corrected chi connectivity index (χ3v) is 5.18. The second-order valence-corrected chi connectivity index (χ2v) is 6.74. The SMILES string of the molecule is O=C(c1cc(Cl)c(Br)s1)C1COc2ccccc2O1. The van der Waals surface area contributed by atoms with E-state index in [0.717, 1.165) is 3.79 Å². The summed E-state index contributed by atoms with van der Waals surface area (Å²) in [5, 5.41) is 0.533. The summed E-state index contributed by atoms with van der Waals surface area (Å²) in [4.78, 5) is 12.9. The van der Waals surface area contributed by atoms with Crippen LogP contribution in [-0.2, 0) is 0 Å². The van der Waals surface area contributed by atoms with Crippen molar-refractivity contribution >= 4 is 44.7 Å². The molecule has 0 fully saturated rings. The van der Waals surface area contributed by atoms with Crippen LogP contribution in [0.1, 0.15) is 9.67 Å². The summed E-state index contributed by atoms with van der Waals surface area (Å²) in [6, 6.07) is 8.94. The molecule has 0 aliphatic carbocycles. The molecule has 3 nitrogen and oxygen atoms in total. The van der Waals surface area contributed by atoms with Gasteiger partial charge in [0.05, 0.1) is 13.7 Å². The van der Waals surface area contributed by atoms with Crippen LogP contribution < -0.4 is 9.47 Å². The maximum atomic E-state index is 12.3. The number of Topliss-reactive ketones (excluding diaryl/α,β-unsaturated/α-hetero) is 1. The molecule has 1 atom stereocenters. The quantitative estimate of drug-likeness (QED) is 0.754. The number of rotatable bonds is 2. The fraction of sp³-hybridized carbons (Fsp3) is 0.154. The summed E-state index contributed by atoms with van der Waals surface area (Å²) in [6.45, 7) is 0.211. The van der Waals surface area contributed by atoms with E-state index in [4.69, 9.17) is 21.1 Å². The maximum absolute atomic E-state index is 12.3. The molecule has 2 heterocycles. The number of ketones is 1. The predicted molar refractivity (Wildman–Crippen MR) is 77.7 cm³/mol. The third kappa shape index (κ3) is 2.50. The highest BCUT2D eigenvalue weighted by Crippen LogP contribution is 2.35. The zero-order valence-corrected chi connectivity index (χ0v) is 12.7. The fourth-order valence-corrected chi connectivity index (χ4v) is 3.46. The van der Waals surface area contributed by atoms with Crippen LogP contribution in [0.15, 0.2) is 34.1 Å². The van der Waals surface area contributed by atoms with Crippen LogP contribution >= 0.6 is 38.9 Å². The number of thiophene rings is 1. The van der Waals surface area contributed by atoms with Gasteiger partial charge in [0.2, 0.25) is 5.78 Å². The number of hydrogen-bond acceptors (Lipinski definition) is 4. The van der Waals surface area contributed by atoms with Gasteiger partial charge in [-0.05, 0) is 34.1 Å². The molecule has 1 aromatic carbocycles. The van der Waals surface area contributed by atoms with Crippen molar-refractivity contribution in [3.8, 4) is 11.5 Å². The lowest BCUT2D eigenvalue weighted by Gasteiger charge is -2.25. The van der Waals surface area contributed by atoms with Gasteiger partial charge in [-0.1, -0.05) is 23.7 Å². The Morgan fingerprint density at radius 2 is 2.11 bits per heavy atom. The molecule has 0 bridgehead atoms. The van der Waals surface area contributed by atoms with Gasteiger partial charge in [0.25, 0.3) is 0 Å². The summed E-state index contributed by atoms with van der Waals surface area (Å²) < 4.78 is 11.9. The van der Waals surface area contributed by atoms with E-state index in [1.807, 2.05) is 18.2 Å². The van der Waals surface area contributed by atoms with Gasteiger partial charge < -0.3 is 9.47 Å². The van der Waals surface area contributed by atoms with Crippen LogP contribution in [0, 0.1) is 0 Å². The Bertz CT molecular complexity index is 621. The van der Waals surface area contributed by atoms with Crippen LogP contribution in [0.5, 0.6) is 11.5 Å². The van der Waals surface area contributed by atoms with Crippen molar-refractivity contribution in [3.63, 3.8) is 0 Å². The molecule has 1 aliphatic heterocycles. The minimum Gasteiger partial charge on any atom is -0.485 e. The number of para-hydroxylation sites is 2. The van der Waals surface area contributed by atoms with Gasteiger partial charge in [0.15, 0.2) is 17.6 Å². The molecule has 1 unspecified atom stereocenters. The number of halogens is 2. The summed E-state index contributed by atoms with van der Waals surface area (Å²) in [5.74, 6) is 1.14. The molecule has 98 valence electrons. The average molecular weight is 360 g/mol. The smallest absolute Gasteiger partial charge is 0.216 e. The second kappa shape index (κ2) is 5.15. The van der Waals surface area contributed by atoms with Gasteiger partial charge >= 0.3 is 0 Å². The molecule has 6 heteroatoms. The van der Waals surface area contributed by atoms with Crippen molar-refractivity contribution < 1.29 is 14.3 Å². The van der Waals surface area contributed by atoms with E-state index >= 15 is 0 Å². The van der Waals surface area contributed by atoms with Crippen LogP contribution in [0.25, 0.3) is 0 Å². The normalized spacial score (nSPS) is 17.3. The van der Waals surface area contributed by atoms with Crippen LogP contribution in [0.4, 0.5) is 0 Å². The Morgan fingerprint density at radius 3 is 2.79 bits per heavy atom. The Balaban J connectivity index is 1.83.